The van der Waals surface area contributed by atoms with Gasteiger partial charge in [0.05, 0.1) is 6.61 Å². The van der Waals surface area contributed by atoms with Gasteiger partial charge in [0.25, 0.3) is 0 Å². The predicted molar refractivity (Wildman–Crippen MR) is 54.7 cm³/mol. The van der Waals surface area contributed by atoms with E-state index in [4.69, 9.17) is 10.5 Å². The SMILES string of the molecule is CC1(CNCCCCCCN)CO1. The van der Waals surface area contributed by atoms with Gasteiger partial charge in [0.15, 0.2) is 0 Å². The summed E-state index contributed by atoms with van der Waals surface area (Å²) in [5, 5.41) is 3.41. The fourth-order valence-corrected chi connectivity index (χ4v) is 1.33. The van der Waals surface area contributed by atoms with E-state index in [2.05, 4.69) is 12.2 Å². The highest BCUT2D eigenvalue weighted by molar-refractivity contribution is 4.88. The van der Waals surface area contributed by atoms with Crippen molar-refractivity contribution in [1.29, 1.82) is 0 Å². The van der Waals surface area contributed by atoms with Gasteiger partial charge in [-0.15, -0.1) is 0 Å². The zero-order valence-corrected chi connectivity index (χ0v) is 8.64. The molecule has 0 amide bonds. The quantitative estimate of drug-likeness (QED) is 0.437. The van der Waals surface area contributed by atoms with Crippen LogP contribution in [-0.2, 0) is 4.74 Å². The third-order valence-electron chi connectivity index (χ3n) is 2.44. The van der Waals surface area contributed by atoms with E-state index in [0.29, 0.717) is 0 Å². The normalized spacial score (nSPS) is 26.3. The standard InChI is InChI=1S/C10H22N2O/c1-10(9-13-10)8-12-7-5-3-2-4-6-11/h12H,2-9,11H2,1H3. The van der Waals surface area contributed by atoms with Gasteiger partial charge in [-0.05, 0) is 32.9 Å². The molecular formula is C10H22N2O. The summed E-state index contributed by atoms with van der Waals surface area (Å²) in [5.41, 5.74) is 5.57. The Labute approximate surface area is 81.0 Å². The van der Waals surface area contributed by atoms with Crippen LogP contribution in [0.5, 0.6) is 0 Å². The molecule has 0 aromatic carbocycles. The van der Waals surface area contributed by atoms with Gasteiger partial charge < -0.3 is 15.8 Å². The topological polar surface area (TPSA) is 50.6 Å². The van der Waals surface area contributed by atoms with Gasteiger partial charge in [-0.1, -0.05) is 12.8 Å². The maximum absolute atomic E-state index is 5.40. The second-order valence-electron chi connectivity index (χ2n) is 4.12. The summed E-state index contributed by atoms with van der Waals surface area (Å²) in [7, 11) is 0. The third-order valence-corrected chi connectivity index (χ3v) is 2.44. The van der Waals surface area contributed by atoms with E-state index in [-0.39, 0.29) is 5.60 Å². The van der Waals surface area contributed by atoms with Crippen LogP contribution in [-0.4, -0.2) is 31.8 Å². The minimum absolute atomic E-state index is 0.164. The van der Waals surface area contributed by atoms with Gasteiger partial charge >= 0.3 is 0 Å². The average molecular weight is 186 g/mol. The van der Waals surface area contributed by atoms with Crippen molar-refractivity contribution in [3.63, 3.8) is 0 Å². The molecule has 1 unspecified atom stereocenters. The van der Waals surface area contributed by atoms with E-state index in [1.54, 1.807) is 0 Å². The van der Waals surface area contributed by atoms with Crippen LogP contribution in [0.4, 0.5) is 0 Å². The van der Waals surface area contributed by atoms with Gasteiger partial charge in [-0.25, -0.2) is 0 Å². The lowest BCUT2D eigenvalue weighted by Gasteiger charge is -2.06. The number of nitrogens with two attached hydrogens (primary N) is 1. The second-order valence-corrected chi connectivity index (χ2v) is 4.12. The van der Waals surface area contributed by atoms with Crippen molar-refractivity contribution in [2.75, 3.05) is 26.2 Å². The highest BCUT2D eigenvalue weighted by atomic mass is 16.6. The summed E-state index contributed by atoms with van der Waals surface area (Å²) in [4.78, 5) is 0. The van der Waals surface area contributed by atoms with Crippen molar-refractivity contribution < 1.29 is 4.74 Å². The molecule has 0 aromatic heterocycles. The number of hydrogen-bond acceptors (Lipinski definition) is 3. The molecule has 0 spiro atoms. The van der Waals surface area contributed by atoms with Crippen LogP contribution in [0, 0.1) is 0 Å². The van der Waals surface area contributed by atoms with Crippen molar-refractivity contribution in [2.24, 2.45) is 5.73 Å². The molecule has 13 heavy (non-hydrogen) atoms. The van der Waals surface area contributed by atoms with Crippen molar-refractivity contribution >= 4 is 0 Å². The zero-order valence-electron chi connectivity index (χ0n) is 8.64. The lowest BCUT2D eigenvalue weighted by atomic mass is 10.2. The van der Waals surface area contributed by atoms with Crippen molar-refractivity contribution in [1.82, 2.24) is 5.32 Å². The lowest BCUT2D eigenvalue weighted by Crippen LogP contribution is -2.27. The van der Waals surface area contributed by atoms with Crippen LogP contribution in [0.3, 0.4) is 0 Å². The van der Waals surface area contributed by atoms with Crippen LogP contribution in [0.1, 0.15) is 32.6 Å². The van der Waals surface area contributed by atoms with Gasteiger partial charge in [-0.3, -0.25) is 0 Å². The molecule has 1 fully saturated rings. The molecule has 0 aliphatic carbocycles. The van der Waals surface area contributed by atoms with Crippen molar-refractivity contribution in [2.45, 2.75) is 38.2 Å². The van der Waals surface area contributed by atoms with E-state index >= 15 is 0 Å². The summed E-state index contributed by atoms with van der Waals surface area (Å²) in [6.45, 7) is 6.02. The summed E-state index contributed by atoms with van der Waals surface area (Å²) in [6.07, 6.45) is 4.99. The minimum Gasteiger partial charge on any atom is -0.369 e. The molecule has 1 rings (SSSR count). The van der Waals surface area contributed by atoms with Gasteiger partial charge in [0.1, 0.15) is 5.60 Å². The molecule has 0 bridgehead atoms. The Balaban J connectivity index is 1.74. The first-order valence-corrected chi connectivity index (χ1v) is 5.32. The molecule has 0 aromatic rings. The van der Waals surface area contributed by atoms with E-state index in [1.807, 2.05) is 0 Å². The largest absolute Gasteiger partial charge is 0.369 e. The fraction of sp³-hybridized carbons (Fsp3) is 1.00. The summed E-state index contributed by atoms with van der Waals surface area (Å²) in [5.74, 6) is 0. The van der Waals surface area contributed by atoms with Crippen LogP contribution in [0.15, 0.2) is 0 Å². The Hall–Kier alpha value is -0.120. The van der Waals surface area contributed by atoms with E-state index < -0.39 is 0 Å². The van der Waals surface area contributed by atoms with E-state index in [9.17, 15) is 0 Å². The fourth-order valence-electron chi connectivity index (χ4n) is 1.33. The molecule has 1 heterocycles. The molecule has 3 nitrogen and oxygen atoms in total. The molecule has 1 saturated heterocycles. The van der Waals surface area contributed by atoms with E-state index in [1.165, 1.54) is 25.7 Å². The highest BCUT2D eigenvalue weighted by Crippen LogP contribution is 2.24. The predicted octanol–water partition coefficient (Wildman–Crippen LogP) is 0.884. The zero-order chi connectivity index (χ0) is 9.57. The number of unbranched alkanes of at least 4 members (excludes halogenated alkanes) is 3. The lowest BCUT2D eigenvalue weighted by molar-refractivity contribution is 0.312. The molecule has 1 aliphatic rings. The Morgan fingerprint density at radius 3 is 2.62 bits per heavy atom. The van der Waals surface area contributed by atoms with Crippen LogP contribution >= 0.6 is 0 Å². The molecular weight excluding hydrogens is 164 g/mol. The summed E-state index contributed by atoms with van der Waals surface area (Å²) < 4.78 is 5.26. The number of epoxide rings is 1. The first kappa shape index (κ1) is 11.0. The molecule has 1 aliphatic heterocycles. The highest BCUT2D eigenvalue weighted by Gasteiger charge is 2.38. The Kier molecular flexibility index (Phi) is 4.70. The number of rotatable bonds is 8. The van der Waals surface area contributed by atoms with Crippen LogP contribution in [0.25, 0.3) is 0 Å². The Morgan fingerprint density at radius 1 is 1.31 bits per heavy atom. The Morgan fingerprint density at radius 2 is 2.00 bits per heavy atom. The molecule has 3 N–H and O–H groups in total. The minimum atomic E-state index is 0.164. The summed E-state index contributed by atoms with van der Waals surface area (Å²) in [6, 6.07) is 0. The molecule has 3 heteroatoms. The Bertz CT molecular complexity index is 135. The van der Waals surface area contributed by atoms with Crippen molar-refractivity contribution in [3.05, 3.63) is 0 Å². The van der Waals surface area contributed by atoms with Crippen LogP contribution in [0.2, 0.25) is 0 Å². The maximum atomic E-state index is 5.40. The van der Waals surface area contributed by atoms with Crippen LogP contribution < -0.4 is 11.1 Å². The smallest absolute Gasteiger partial charge is 0.101 e. The van der Waals surface area contributed by atoms with Gasteiger partial charge in [0, 0.05) is 6.54 Å². The maximum Gasteiger partial charge on any atom is 0.101 e. The first-order valence-electron chi connectivity index (χ1n) is 5.32. The second kappa shape index (κ2) is 5.58. The molecule has 1 atom stereocenters. The number of hydrogen-bond donors (Lipinski definition) is 2. The number of ether oxygens (including phenoxy) is 1. The van der Waals surface area contributed by atoms with Gasteiger partial charge in [0.2, 0.25) is 0 Å². The number of nitrogens with one attached hydrogen (secondary N) is 1. The summed E-state index contributed by atoms with van der Waals surface area (Å²) >= 11 is 0. The monoisotopic (exact) mass is 186 g/mol. The molecule has 0 saturated carbocycles. The average Bonchev–Trinajstić information content (AvgIpc) is 2.83. The third kappa shape index (κ3) is 5.24. The van der Waals surface area contributed by atoms with Gasteiger partial charge in [-0.2, -0.15) is 0 Å². The molecule has 78 valence electrons. The first-order chi connectivity index (χ1) is 6.27. The van der Waals surface area contributed by atoms with Crippen molar-refractivity contribution in [3.8, 4) is 0 Å². The molecule has 0 radical (unpaired) electrons. The van der Waals surface area contributed by atoms with E-state index in [0.717, 1.165) is 26.2 Å².